The van der Waals surface area contributed by atoms with Gasteiger partial charge in [-0.25, -0.2) is 4.68 Å². The highest BCUT2D eigenvalue weighted by molar-refractivity contribution is 6.42. The van der Waals surface area contributed by atoms with Crippen molar-refractivity contribution in [3.05, 3.63) is 46.2 Å². The van der Waals surface area contributed by atoms with Gasteiger partial charge in [-0.2, -0.15) is 5.10 Å². The van der Waals surface area contributed by atoms with Gasteiger partial charge >= 0.3 is 0 Å². The average molecular weight is 327 g/mol. The van der Waals surface area contributed by atoms with Crippen LogP contribution < -0.4 is 10.6 Å². The summed E-state index contributed by atoms with van der Waals surface area (Å²) in [5.41, 5.74) is 1.11. The molecule has 0 aliphatic carbocycles. The van der Waals surface area contributed by atoms with Crippen molar-refractivity contribution in [2.45, 2.75) is 6.92 Å². The number of carbonyl (C=O) groups excluding carboxylic acids is 1. The Hall–Kier alpha value is -1.56. The third kappa shape index (κ3) is 4.20. The fraction of sp³-hybridized carbons (Fsp3) is 0.286. The lowest BCUT2D eigenvalue weighted by atomic mass is 10.3. The molecule has 0 spiro atoms. The van der Waals surface area contributed by atoms with E-state index in [0.29, 0.717) is 22.3 Å². The van der Waals surface area contributed by atoms with Gasteiger partial charge in [0.2, 0.25) is 0 Å². The molecule has 0 fully saturated rings. The van der Waals surface area contributed by atoms with Crippen molar-refractivity contribution in [2.75, 3.05) is 19.6 Å². The Kier molecular flexibility index (Phi) is 5.61. The lowest BCUT2D eigenvalue weighted by Crippen LogP contribution is -2.32. The number of likely N-dealkylation sites (N-methyl/N-ethyl adjacent to an activating group) is 1. The number of hydrogen-bond donors (Lipinski definition) is 2. The predicted molar refractivity (Wildman–Crippen MR) is 84.5 cm³/mol. The first-order valence-electron chi connectivity index (χ1n) is 6.62. The number of aromatic nitrogens is 2. The number of nitrogens with one attached hydrogen (secondary N) is 2. The molecule has 0 saturated carbocycles. The van der Waals surface area contributed by atoms with Crippen molar-refractivity contribution >= 4 is 29.1 Å². The third-order valence-corrected chi connectivity index (χ3v) is 3.57. The predicted octanol–water partition coefficient (Wildman–Crippen LogP) is 2.52. The molecular weight excluding hydrogens is 311 g/mol. The second kappa shape index (κ2) is 7.45. The van der Waals surface area contributed by atoms with Gasteiger partial charge in [0.05, 0.1) is 15.7 Å². The van der Waals surface area contributed by atoms with Crippen LogP contribution in [0.1, 0.15) is 17.4 Å². The van der Waals surface area contributed by atoms with Gasteiger partial charge in [0.1, 0.15) is 0 Å². The Morgan fingerprint density at radius 2 is 2.05 bits per heavy atom. The highest BCUT2D eigenvalue weighted by atomic mass is 35.5. The Bertz CT molecular complexity index is 627. The maximum Gasteiger partial charge on any atom is 0.271 e. The molecule has 21 heavy (non-hydrogen) atoms. The number of amides is 1. The Balaban J connectivity index is 2.03. The van der Waals surface area contributed by atoms with E-state index in [0.717, 1.165) is 18.8 Å². The molecule has 1 heterocycles. The molecule has 0 unspecified atom stereocenters. The molecule has 2 aromatic rings. The average Bonchev–Trinajstić information content (AvgIpc) is 2.96. The summed E-state index contributed by atoms with van der Waals surface area (Å²) in [6.07, 6.45) is 1.71. The molecule has 0 bridgehead atoms. The zero-order chi connectivity index (χ0) is 15.2. The number of benzene rings is 1. The summed E-state index contributed by atoms with van der Waals surface area (Å²) in [6.45, 7) is 4.19. The van der Waals surface area contributed by atoms with Gasteiger partial charge in [-0.3, -0.25) is 4.79 Å². The van der Waals surface area contributed by atoms with Gasteiger partial charge in [0.25, 0.3) is 5.91 Å². The smallest absolute Gasteiger partial charge is 0.271 e. The van der Waals surface area contributed by atoms with Crippen LogP contribution >= 0.6 is 23.2 Å². The van der Waals surface area contributed by atoms with Crippen LogP contribution in [0.5, 0.6) is 0 Å². The van der Waals surface area contributed by atoms with E-state index in [2.05, 4.69) is 15.7 Å². The monoisotopic (exact) mass is 326 g/mol. The fourth-order valence-electron chi connectivity index (χ4n) is 1.75. The van der Waals surface area contributed by atoms with Crippen molar-refractivity contribution in [1.29, 1.82) is 0 Å². The summed E-state index contributed by atoms with van der Waals surface area (Å²) in [7, 11) is 0. The molecule has 0 radical (unpaired) electrons. The van der Waals surface area contributed by atoms with Crippen molar-refractivity contribution in [3.63, 3.8) is 0 Å². The number of carbonyl (C=O) groups is 1. The zero-order valence-electron chi connectivity index (χ0n) is 11.6. The van der Waals surface area contributed by atoms with Crippen molar-refractivity contribution in [1.82, 2.24) is 20.4 Å². The summed E-state index contributed by atoms with van der Waals surface area (Å²) >= 11 is 11.8. The topological polar surface area (TPSA) is 58.9 Å². The van der Waals surface area contributed by atoms with Crippen molar-refractivity contribution in [3.8, 4) is 5.69 Å². The van der Waals surface area contributed by atoms with Crippen LogP contribution in [0.25, 0.3) is 5.69 Å². The molecule has 5 nitrogen and oxygen atoms in total. The lowest BCUT2D eigenvalue weighted by Gasteiger charge is -2.04. The van der Waals surface area contributed by atoms with Gasteiger partial charge < -0.3 is 10.6 Å². The van der Waals surface area contributed by atoms with Crippen molar-refractivity contribution in [2.24, 2.45) is 0 Å². The van der Waals surface area contributed by atoms with Gasteiger partial charge in [0.15, 0.2) is 5.69 Å². The molecule has 2 rings (SSSR count). The highest BCUT2D eigenvalue weighted by Crippen LogP contribution is 2.24. The van der Waals surface area contributed by atoms with Gasteiger partial charge in [-0.15, -0.1) is 0 Å². The maximum atomic E-state index is 11.9. The Morgan fingerprint density at radius 1 is 1.24 bits per heavy atom. The van der Waals surface area contributed by atoms with E-state index in [1.807, 2.05) is 6.92 Å². The van der Waals surface area contributed by atoms with E-state index >= 15 is 0 Å². The molecule has 0 aliphatic heterocycles. The minimum atomic E-state index is -0.202. The second-order valence-electron chi connectivity index (χ2n) is 4.35. The minimum absolute atomic E-state index is 0.202. The number of nitrogens with zero attached hydrogens (tertiary/aromatic N) is 2. The molecular formula is C14H16Cl2N4O. The van der Waals surface area contributed by atoms with Gasteiger partial charge in [-0.1, -0.05) is 30.1 Å². The van der Waals surface area contributed by atoms with E-state index in [4.69, 9.17) is 23.2 Å². The zero-order valence-corrected chi connectivity index (χ0v) is 13.1. The first-order valence-corrected chi connectivity index (χ1v) is 7.37. The van der Waals surface area contributed by atoms with E-state index in [1.165, 1.54) is 0 Å². The minimum Gasteiger partial charge on any atom is -0.349 e. The quantitative estimate of drug-likeness (QED) is 0.802. The van der Waals surface area contributed by atoms with E-state index in [-0.39, 0.29) is 5.91 Å². The summed E-state index contributed by atoms with van der Waals surface area (Å²) in [5.74, 6) is -0.202. The SMILES string of the molecule is CCNCCNC(=O)c1ccn(-c2ccc(Cl)c(Cl)c2)n1. The normalized spacial score (nSPS) is 10.6. The van der Waals surface area contributed by atoms with Crippen LogP contribution in [0, 0.1) is 0 Å². The molecule has 112 valence electrons. The first kappa shape index (κ1) is 15.8. The summed E-state index contributed by atoms with van der Waals surface area (Å²) in [4.78, 5) is 11.9. The molecule has 7 heteroatoms. The molecule has 2 N–H and O–H groups in total. The molecule has 0 saturated heterocycles. The van der Waals surface area contributed by atoms with Crippen LogP contribution in [0.3, 0.4) is 0 Å². The van der Waals surface area contributed by atoms with Gasteiger partial charge in [-0.05, 0) is 30.8 Å². The van der Waals surface area contributed by atoms with Crippen molar-refractivity contribution < 1.29 is 4.79 Å². The number of halogens is 2. The molecule has 0 aliphatic rings. The summed E-state index contributed by atoms with van der Waals surface area (Å²) < 4.78 is 1.58. The number of hydrogen-bond acceptors (Lipinski definition) is 3. The van der Waals surface area contributed by atoms with Crippen LogP contribution in [0.4, 0.5) is 0 Å². The standard InChI is InChI=1S/C14H16Cl2N4O/c1-2-17-6-7-18-14(21)13-5-8-20(19-13)10-3-4-11(15)12(16)9-10/h3-5,8-9,17H,2,6-7H2,1H3,(H,18,21). The van der Waals surface area contributed by atoms with E-state index in [1.54, 1.807) is 35.1 Å². The Morgan fingerprint density at radius 3 is 2.76 bits per heavy atom. The van der Waals surface area contributed by atoms with Crippen LogP contribution in [-0.2, 0) is 0 Å². The Labute approximate surface area is 133 Å². The van der Waals surface area contributed by atoms with Crippen LogP contribution in [0.2, 0.25) is 10.0 Å². The first-order chi connectivity index (χ1) is 10.1. The van der Waals surface area contributed by atoms with Crippen LogP contribution in [-0.4, -0.2) is 35.3 Å². The molecule has 0 atom stereocenters. The maximum absolute atomic E-state index is 11.9. The second-order valence-corrected chi connectivity index (χ2v) is 5.17. The lowest BCUT2D eigenvalue weighted by molar-refractivity contribution is 0.0948. The fourth-order valence-corrected chi connectivity index (χ4v) is 2.04. The summed E-state index contributed by atoms with van der Waals surface area (Å²) in [6, 6.07) is 6.83. The largest absolute Gasteiger partial charge is 0.349 e. The number of rotatable bonds is 6. The van der Waals surface area contributed by atoms with Gasteiger partial charge in [0, 0.05) is 19.3 Å². The van der Waals surface area contributed by atoms with E-state index < -0.39 is 0 Å². The van der Waals surface area contributed by atoms with E-state index in [9.17, 15) is 4.79 Å². The highest BCUT2D eigenvalue weighted by Gasteiger charge is 2.10. The van der Waals surface area contributed by atoms with Crippen LogP contribution in [0.15, 0.2) is 30.5 Å². The molecule has 1 aromatic carbocycles. The molecule has 1 amide bonds. The summed E-state index contributed by atoms with van der Waals surface area (Å²) in [5, 5.41) is 11.1. The third-order valence-electron chi connectivity index (χ3n) is 2.83. The molecule has 1 aromatic heterocycles.